The highest BCUT2D eigenvalue weighted by atomic mass is 16.5. The van der Waals surface area contributed by atoms with Crippen molar-refractivity contribution in [3.8, 4) is 0 Å². The maximum Gasteiger partial charge on any atom is 0.223 e. The van der Waals surface area contributed by atoms with Crippen molar-refractivity contribution in [1.82, 2.24) is 15.5 Å². The molecule has 8 heteroatoms. The first-order valence-electron chi connectivity index (χ1n) is 10.8. The number of aliphatic hydroxyl groups is 1. The Bertz CT molecular complexity index is 508. The van der Waals surface area contributed by atoms with Crippen LogP contribution in [0.15, 0.2) is 0 Å². The van der Waals surface area contributed by atoms with Gasteiger partial charge in [-0.15, -0.1) is 0 Å². The van der Waals surface area contributed by atoms with Crippen molar-refractivity contribution in [2.45, 2.75) is 63.2 Å². The highest BCUT2D eigenvalue weighted by Gasteiger charge is 2.35. The van der Waals surface area contributed by atoms with Crippen LogP contribution in [0.5, 0.6) is 0 Å². The lowest BCUT2D eigenvalue weighted by atomic mass is 9.84. The normalized spacial score (nSPS) is 29.1. The third kappa shape index (κ3) is 6.40. The molecule has 3 atom stereocenters. The molecule has 0 aromatic carbocycles. The lowest BCUT2D eigenvalue weighted by Crippen LogP contribution is -2.53. The number of morpholine rings is 1. The summed E-state index contributed by atoms with van der Waals surface area (Å²) in [6.07, 6.45) is 5.07. The van der Waals surface area contributed by atoms with Crippen LogP contribution in [0.3, 0.4) is 0 Å². The summed E-state index contributed by atoms with van der Waals surface area (Å²) in [6.45, 7) is 4.99. The summed E-state index contributed by atoms with van der Waals surface area (Å²) in [4.78, 5) is 26.7. The minimum atomic E-state index is -0.433. The molecule has 0 radical (unpaired) electrons. The fraction of sp³-hybridized carbons (Fsp3) is 0.900. The van der Waals surface area contributed by atoms with Crippen molar-refractivity contribution in [2.24, 2.45) is 5.92 Å². The first kappa shape index (κ1) is 21.5. The summed E-state index contributed by atoms with van der Waals surface area (Å²) in [5, 5.41) is 15.6. The second-order valence-corrected chi connectivity index (χ2v) is 8.16. The predicted molar refractivity (Wildman–Crippen MR) is 104 cm³/mol. The van der Waals surface area contributed by atoms with Gasteiger partial charge < -0.3 is 25.2 Å². The molecule has 3 N–H and O–H groups in total. The molecular formula is C20H35N3O5. The fourth-order valence-corrected chi connectivity index (χ4v) is 4.05. The molecule has 2 heterocycles. The summed E-state index contributed by atoms with van der Waals surface area (Å²) in [5.41, 5.74) is 0. The largest absolute Gasteiger partial charge is 0.394 e. The maximum atomic E-state index is 12.2. The molecule has 0 spiro atoms. The molecule has 2 amide bonds. The van der Waals surface area contributed by atoms with E-state index in [1.165, 1.54) is 0 Å². The lowest BCUT2D eigenvalue weighted by molar-refractivity contribution is -0.138. The molecule has 8 nitrogen and oxygen atoms in total. The van der Waals surface area contributed by atoms with E-state index in [1.807, 2.05) is 0 Å². The van der Waals surface area contributed by atoms with Gasteiger partial charge in [-0.2, -0.15) is 0 Å². The van der Waals surface area contributed by atoms with Gasteiger partial charge in [-0.25, -0.2) is 0 Å². The van der Waals surface area contributed by atoms with Gasteiger partial charge in [0.25, 0.3) is 0 Å². The number of carbonyl (C=O) groups is 2. The van der Waals surface area contributed by atoms with Crippen LogP contribution in [-0.4, -0.2) is 86.1 Å². The Morgan fingerprint density at radius 3 is 2.57 bits per heavy atom. The quantitative estimate of drug-likeness (QED) is 0.475. The topological polar surface area (TPSA) is 100 Å². The number of ether oxygens (including phenoxy) is 2. The highest BCUT2D eigenvalue weighted by molar-refractivity contribution is 5.79. The monoisotopic (exact) mass is 397 g/mol. The van der Waals surface area contributed by atoms with Crippen molar-refractivity contribution in [3.05, 3.63) is 0 Å². The molecule has 1 aliphatic carbocycles. The number of amides is 2. The van der Waals surface area contributed by atoms with Crippen LogP contribution in [0.25, 0.3) is 0 Å². The fourth-order valence-electron chi connectivity index (χ4n) is 4.05. The summed E-state index contributed by atoms with van der Waals surface area (Å²) in [7, 11) is 0. The molecule has 2 aliphatic heterocycles. The predicted octanol–water partition coefficient (Wildman–Crippen LogP) is 0.0398. The summed E-state index contributed by atoms with van der Waals surface area (Å²) in [6, 6.07) is -0.161. The van der Waals surface area contributed by atoms with E-state index in [9.17, 15) is 14.7 Å². The van der Waals surface area contributed by atoms with Crippen molar-refractivity contribution in [2.75, 3.05) is 46.0 Å². The van der Waals surface area contributed by atoms with E-state index in [2.05, 4.69) is 15.5 Å². The first-order valence-corrected chi connectivity index (χ1v) is 10.8. The molecule has 1 saturated carbocycles. The number of carbonyl (C=O) groups excluding carboxylic acids is 2. The minimum Gasteiger partial charge on any atom is -0.394 e. The maximum absolute atomic E-state index is 12.2. The van der Waals surface area contributed by atoms with Gasteiger partial charge in [0, 0.05) is 25.6 Å². The van der Waals surface area contributed by atoms with Gasteiger partial charge in [0.1, 0.15) is 6.10 Å². The van der Waals surface area contributed by atoms with E-state index in [-0.39, 0.29) is 36.5 Å². The van der Waals surface area contributed by atoms with Gasteiger partial charge in [0.15, 0.2) is 0 Å². The SMILES string of the molecule is O=C(C[C@@H]1CC[C@H](NC(=O)C2CCC2)[C@@H](CO)O1)NCCCN1CCOCC1. The molecule has 3 fully saturated rings. The molecule has 0 bridgehead atoms. The summed E-state index contributed by atoms with van der Waals surface area (Å²) >= 11 is 0. The first-order chi connectivity index (χ1) is 13.7. The van der Waals surface area contributed by atoms with E-state index in [1.54, 1.807) is 0 Å². The Morgan fingerprint density at radius 1 is 1.11 bits per heavy atom. The summed E-state index contributed by atoms with van der Waals surface area (Å²) in [5.74, 6) is 0.190. The van der Waals surface area contributed by atoms with Crippen LogP contribution >= 0.6 is 0 Å². The van der Waals surface area contributed by atoms with Gasteiger partial charge in [-0.3, -0.25) is 14.5 Å². The molecule has 160 valence electrons. The molecule has 3 rings (SSSR count). The molecule has 3 aliphatic rings. The van der Waals surface area contributed by atoms with Crippen molar-refractivity contribution < 1.29 is 24.2 Å². The van der Waals surface area contributed by atoms with Crippen LogP contribution in [0.2, 0.25) is 0 Å². The number of nitrogens with zero attached hydrogens (tertiary/aromatic N) is 1. The van der Waals surface area contributed by atoms with Gasteiger partial charge in [0.2, 0.25) is 11.8 Å². The summed E-state index contributed by atoms with van der Waals surface area (Å²) < 4.78 is 11.2. The third-order valence-electron chi connectivity index (χ3n) is 6.09. The second-order valence-electron chi connectivity index (χ2n) is 8.16. The Balaban J connectivity index is 1.31. The standard InChI is InChI=1S/C20H35N3O5/c24-14-18-17(22-20(26)15-3-1-4-15)6-5-16(28-18)13-19(25)21-7-2-8-23-9-11-27-12-10-23/h15-18,24H,1-14H2,(H,21,25)(H,22,26)/t16-,17-,18+/m0/s1. The Hall–Kier alpha value is -1.22. The molecule has 0 unspecified atom stereocenters. The van der Waals surface area contributed by atoms with E-state index < -0.39 is 6.10 Å². The van der Waals surface area contributed by atoms with E-state index in [0.29, 0.717) is 19.4 Å². The zero-order valence-electron chi connectivity index (χ0n) is 16.7. The molecular weight excluding hydrogens is 362 g/mol. The Labute approximate surface area is 167 Å². The second kappa shape index (κ2) is 11.1. The van der Waals surface area contributed by atoms with Gasteiger partial charge >= 0.3 is 0 Å². The van der Waals surface area contributed by atoms with Gasteiger partial charge in [-0.1, -0.05) is 6.42 Å². The number of hydrogen-bond donors (Lipinski definition) is 3. The van der Waals surface area contributed by atoms with E-state index in [0.717, 1.165) is 65.0 Å². The highest BCUT2D eigenvalue weighted by Crippen LogP contribution is 2.28. The minimum absolute atomic E-state index is 0.0133. The molecule has 0 aromatic heterocycles. The van der Waals surface area contributed by atoms with Crippen molar-refractivity contribution in [1.29, 1.82) is 0 Å². The van der Waals surface area contributed by atoms with Gasteiger partial charge in [0.05, 0.1) is 38.4 Å². The van der Waals surface area contributed by atoms with Crippen molar-refractivity contribution >= 4 is 11.8 Å². The van der Waals surface area contributed by atoms with Crippen LogP contribution in [0.4, 0.5) is 0 Å². The molecule has 28 heavy (non-hydrogen) atoms. The average Bonchev–Trinajstić information content (AvgIpc) is 2.66. The van der Waals surface area contributed by atoms with Crippen LogP contribution in [0, 0.1) is 5.92 Å². The van der Waals surface area contributed by atoms with Gasteiger partial charge in [-0.05, 0) is 38.6 Å². The van der Waals surface area contributed by atoms with E-state index >= 15 is 0 Å². The zero-order chi connectivity index (χ0) is 19.8. The number of hydrogen-bond acceptors (Lipinski definition) is 6. The van der Waals surface area contributed by atoms with Crippen LogP contribution in [0.1, 0.15) is 44.9 Å². The average molecular weight is 398 g/mol. The van der Waals surface area contributed by atoms with Crippen LogP contribution < -0.4 is 10.6 Å². The molecule has 2 saturated heterocycles. The van der Waals surface area contributed by atoms with E-state index in [4.69, 9.17) is 9.47 Å². The smallest absolute Gasteiger partial charge is 0.223 e. The third-order valence-corrected chi connectivity index (χ3v) is 6.09. The Kier molecular flexibility index (Phi) is 8.51. The van der Waals surface area contributed by atoms with Crippen molar-refractivity contribution in [3.63, 3.8) is 0 Å². The Morgan fingerprint density at radius 2 is 1.89 bits per heavy atom. The number of rotatable bonds is 9. The molecule has 0 aromatic rings. The number of nitrogens with one attached hydrogen (secondary N) is 2. The number of aliphatic hydroxyl groups excluding tert-OH is 1. The van der Waals surface area contributed by atoms with Crippen LogP contribution in [-0.2, 0) is 19.1 Å². The lowest BCUT2D eigenvalue weighted by Gasteiger charge is -2.37. The zero-order valence-corrected chi connectivity index (χ0v) is 16.7.